The molecule has 0 fully saturated rings. The van der Waals surface area contributed by atoms with Crippen molar-refractivity contribution in [2.45, 2.75) is 0 Å². The van der Waals surface area contributed by atoms with Crippen LogP contribution in [0.25, 0.3) is 0 Å². The van der Waals surface area contributed by atoms with Crippen LogP contribution in [0.5, 0.6) is 0 Å². The van der Waals surface area contributed by atoms with E-state index in [0.29, 0.717) is 5.69 Å². The number of para-hydroxylation sites is 1. The van der Waals surface area contributed by atoms with Crippen molar-refractivity contribution in [2.24, 2.45) is 5.84 Å². The predicted molar refractivity (Wildman–Crippen MR) is 77.1 cm³/mol. The molecule has 2 aromatic carbocycles. The highest BCUT2D eigenvalue weighted by Gasteiger charge is 2.12. The number of hydrazine groups is 1. The number of nitrogen functional groups attached to an aromatic ring is 1. The first-order valence-corrected chi connectivity index (χ1v) is 6.03. The lowest BCUT2D eigenvalue weighted by molar-refractivity contribution is 0.0954. The van der Waals surface area contributed by atoms with E-state index in [1.807, 2.05) is 5.43 Å². The van der Waals surface area contributed by atoms with Crippen molar-refractivity contribution in [1.82, 2.24) is 5.43 Å². The number of amides is 3. The van der Waals surface area contributed by atoms with Crippen LogP contribution in [0.15, 0.2) is 48.5 Å². The molecule has 0 aliphatic heterocycles. The minimum Gasteiger partial charge on any atom is -0.308 e. The van der Waals surface area contributed by atoms with Crippen molar-refractivity contribution < 1.29 is 14.0 Å². The number of carbonyl (C=O) groups is 2. The van der Waals surface area contributed by atoms with Gasteiger partial charge in [0.05, 0.1) is 11.3 Å². The number of hydrogen-bond acceptors (Lipinski definition) is 3. The molecule has 0 aliphatic rings. The highest BCUT2D eigenvalue weighted by molar-refractivity contribution is 6.06. The first-order valence-electron chi connectivity index (χ1n) is 6.03. The molecule has 21 heavy (non-hydrogen) atoms. The normalized spacial score (nSPS) is 9.81. The largest absolute Gasteiger partial charge is 0.323 e. The molecule has 0 spiro atoms. The molecule has 7 heteroatoms. The van der Waals surface area contributed by atoms with Crippen LogP contribution in [0.3, 0.4) is 0 Å². The second-order valence-electron chi connectivity index (χ2n) is 4.11. The Labute approximate surface area is 120 Å². The molecule has 0 saturated heterocycles. The van der Waals surface area contributed by atoms with Crippen LogP contribution in [-0.4, -0.2) is 11.9 Å². The molecule has 0 saturated carbocycles. The van der Waals surface area contributed by atoms with Crippen LogP contribution in [0, 0.1) is 5.82 Å². The maximum Gasteiger partial charge on any atom is 0.323 e. The zero-order valence-electron chi connectivity index (χ0n) is 10.9. The molecule has 6 nitrogen and oxygen atoms in total. The molecule has 2 aromatic rings. The van der Waals surface area contributed by atoms with E-state index in [9.17, 15) is 14.0 Å². The van der Waals surface area contributed by atoms with Gasteiger partial charge in [-0.25, -0.2) is 15.0 Å². The number of hydrogen-bond donors (Lipinski definition) is 4. The Bertz CT molecular complexity index is 676. The molecule has 5 N–H and O–H groups in total. The molecule has 0 atom stereocenters. The molecule has 108 valence electrons. The van der Waals surface area contributed by atoms with Crippen molar-refractivity contribution >= 4 is 23.3 Å². The minimum atomic E-state index is -0.599. The SMILES string of the molecule is NNC(=O)c1ccccc1NC(=O)Nc1cccc(F)c1. The second-order valence-corrected chi connectivity index (χ2v) is 4.11. The zero-order chi connectivity index (χ0) is 15.2. The standard InChI is InChI=1S/C14H13FN4O2/c15-9-4-3-5-10(8-9)17-14(21)18-12-7-2-1-6-11(12)13(20)19-16/h1-8H,16H2,(H,19,20)(H2,17,18,21). The van der Waals surface area contributed by atoms with Gasteiger partial charge in [-0.2, -0.15) is 0 Å². The summed E-state index contributed by atoms with van der Waals surface area (Å²) in [5.41, 5.74) is 2.79. The fourth-order valence-electron chi connectivity index (χ4n) is 1.72. The first kappa shape index (κ1) is 14.5. The van der Waals surface area contributed by atoms with Crippen molar-refractivity contribution in [1.29, 1.82) is 0 Å². The number of nitrogens with one attached hydrogen (secondary N) is 3. The Morgan fingerprint density at radius 1 is 1.00 bits per heavy atom. The number of anilines is 2. The Hall–Kier alpha value is -2.93. The third kappa shape index (κ3) is 3.77. The van der Waals surface area contributed by atoms with Gasteiger partial charge in [0.25, 0.3) is 5.91 Å². The fraction of sp³-hybridized carbons (Fsp3) is 0. The maximum atomic E-state index is 13.0. The van der Waals surface area contributed by atoms with Crippen LogP contribution >= 0.6 is 0 Å². The van der Waals surface area contributed by atoms with Gasteiger partial charge in [-0.05, 0) is 30.3 Å². The van der Waals surface area contributed by atoms with Gasteiger partial charge in [0.2, 0.25) is 0 Å². The molecular weight excluding hydrogens is 275 g/mol. The Balaban J connectivity index is 2.11. The molecule has 0 aliphatic carbocycles. The van der Waals surface area contributed by atoms with Crippen molar-refractivity contribution in [2.75, 3.05) is 10.6 Å². The molecule has 0 radical (unpaired) electrons. The van der Waals surface area contributed by atoms with E-state index in [1.54, 1.807) is 24.3 Å². The van der Waals surface area contributed by atoms with Crippen LogP contribution in [0.4, 0.5) is 20.6 Å². The minimum absolute atomic E-state index is 0.217. The Kier molecular flexibility index (Phi) is 4.47. The van der Waals surface area contributed by atoms with Crippen LogP contribution in [0.1, 0.15) is 10.4 Å². The Morgan fingerprint density at radius 2 is 1.76 bits per heavy atom. The molecule has 2 rings (SSSR count). The van der Waals surface area contributed by atoms with Crippen LogP contribution < -0.4 is 21.9 Å². The summed E-state index contributed by atoms with van der Waals surface area (Å²) >= 11 is 0. The summed E-state index contributed by atoms with van der Waals surface area (Å²) in [5.74, 6) is 4.08. The fourth-order valence-corrected chi connectivity index (χ4v) is 1.72. The summed E-state index contributed by atoms with van der Waals surface area (Å²) in [4.78, 5) is 23.4. The van der Waals surface area contributed by atoms with Gasteiger partial charge in [0.15, 0.2) is 0 Å². The average Bonchev–Trinajstić information content (AvgIpc) is 2.47. The molecule has 0 bridgehead atoms. The molecular formula is C14H13FN4O2. The van der Waals surface area contributed by atoms with Gasteiger partial charge in [-0.3, -0.25) is 10.2 Å². The number of halogens is 1. The summed E-state index contributed by atoms with van der Waals surface area (Å²) in [5, 5.41) is 4.97. The van der Waals surface area contributed by atoms with E-state index in [0.717, 1.165) is 0 Å². The smallest absolute Gasteiger partial charge is 0.308 e. The van der Waals surface area contributed by atoms with E-state index >= 15 is 0 Å². The van der Waals surface area contributed by atoms with Gasteiger partial charge in [-0.1, -0.05) is 18.2 Å². The van der Waals surface area contributed by atoms with Gasteiger partial charge in [0.1, 0.15) is 5.82 Å². The van der Waals surface area contributed by atoms with Crippen molar-refractivity contribution in [3.05, 3.63) is 59.9 Å². The van der Waals surface area contributed by atoms with Crippen molar-refractivity contribution in [3.8, 4) is 0 Å². The van der Waals surface area contributed by atoms with Gasteiger partial charge in [0, 0.05) is 5.69 Å². The summed E-state index contributed by atoms with van der Waals surface area (Å²) in [6.45, 7) is 0. The Morgan fingerprint density at radius 3 is 2.48 bits per heavy atom. The number of carbonyl (C=O) groups excluding carboxylic acids is 2. The lowest BCUT2D eigenvalue weighted by atomic mass is 10.1. The van der Waals surface area contributed by atoms with E-state index in [4.69, 9.17) is 5.84 Å². The average molecular weight is 288 g/mol. The van der Waals surface area contributed by atoms with Crippen LogP contribution in [-0.2, 0) is 0 Å². The number of nitrogens with two attached hydrogens (primary N) is 1. The molecule has 0 aromatic heterocycles. The number of rotatable bonds is 3. The van der Waals surface area contributed by atoms with E-state index in [1.165, 1.54) is 24.3 Å². The lowest BCUT2D eigenvalue weighted by Gasteiger charge is -2.11. The van der Waals surface area contributed by atoms with Gasteiger partial charge >= 0.3 is 6.03 Å². The monoisotopic (exact) mass is 288 g/mol. The third-order valence-corrected chi connectivity index (χ3v) is 2.63. The third-order valence-electron chi connectivity index (χ3n) is 2.63. The quantitative estimate of drug-likeness (QED) is 0.395. The second kappa shape index (κ2) is 6.49. The first-order chi connectivity index (χ1) is 10.1. The molecule has 0 heterocycles. The summed E-state index contributed by atoms with van der Waals surface area (Å²) < 4.78 is 13.0. The summed E-state index contributed by atoms with van der Waals surface area (Å²) in [6.07, 6.45) is 0. The van der Waals surface area contributed by atoms with E-state index in [2.05, 4.69) is 10.6 Å². The number of benzene rings is 2. The van der Waals surface area contributed by atoms with E-state index < -0.39 is 17.8 Å². The summed E-state index contributed by atoms with van der Waals surface area (Å²) in [7, 11) is 0. The highest BCUT2D eigenvalue weighted by Crippen LogP contribution is 2.16. The zero-order valence-corrected chi connectivity index (χ0v) is 10.9. The van der Waals surface area contributed by atoms with Crippen molar-refractivity contribution in [3.63, 3.8) is 0 Å². The van der Waals surface area contributed by atoms with Gasteiger partial charge < -0.3 is 10.6 Å². The predicted octanol–water partition coefficient (Wildman–Crippen LogP) is 2.07. The molecule has 3 amide bonds. The summed E-state index contributed by atoms with van der Waals surface area (Å²) in [6, 6.07) is 11.2. The van der Waals surface area contributed by atoms with Crippen LogP contribution in [0.2, 0.25) is 0 Å². The maximum absolute atomic E-state index is 13.0. The van der Waals surface area contributed by atoms with E-state index in [-0.39, 0.29) is 11.3 Å². The topological polar surface area (TPSA) is 96.2 Å². The molecule has 0 unspecified atom stereocenters. The highest BCUT2D eigenvalue weighted by atomic mass is 19.1. The lowest BCUT2D eigenvalue weighted by Crippen LogP contribution is -2.31. The number of urea groups is 1. The van der Waals surface area contributed by atoms with Gasteiger partial charge in [-0.15, -0.1) is 0 Å².